The fourth-order valence-electron chi connectivity index (χ4n) is 2.66. The summed E-state index contributed by atoms with van der Waals surface area (Å²) >= 11 is 14.1. The molecule has 0 atom stereocenters. The van der Waals surface area contributed by atoms with Crippen LogP contribution in [0.1, 0.15) is 26.3 Å². The minimum atomic E-state index is 0.495. The predicted molar refractivity (Wildman–Crippen MR) is 117 cm³/mol. The van der Waals surface area contributed by atoms with Crippen molar-refractivity contribution < 1.29 is 4.74 Å². The van der Waals surface area contributed by atoms with Gasteiger partial charge in [-0.05, 0) is 54.8 Å². The highest BCUT2D eigenvalue weighted by Crippen LogP contribution is 2.32. The molecule has 1 heterocycles. The first-order valence-electron chi connectivity index (χ1n) is 9.21. The first-order chi connectivity index (χ1) is 13.5. The van der Waals surface area contributed by atoms with Gasteiger partial charge in [-0.1, -0.05) is 54.9 Å². The number of halogens is 2. The summed E-state index contributed by atoms with van der Waals surface area (Å²) in [5.74, 6) is 2.83. The van der Waals surface area contributed by atoms with Crippen LogP contribution in [0.3, 0.4) is 0 Å². The first-order valence-corrected chi connectivity index (χ1v) is 11.0. The van der Waals surface area contributed by atoms with Gasteiger partial charge in [0.25, 0.3) is 0 Å². The van der Waals surface area contributed by atoms with E-state index < -0.39 is 0 Å². The molecule has 3 rings (SSSR count). The van der Waals surface area contributed by atoms with Crippen LogP contribution in [0.5, 0.6) is 5.75 Å². The second-order valence-corrected chi connectivity index (χ2v) is 8.53. The smallest absolute Gasteiger partial charge is 0.191 e. The minimum Gasteiger partial charge on any atom is -0.493 e. The van der Waals surface area contributed by atoms with E-state index in [1.165, 1.54) is 0 Å². The Kier molecular flexibility index (Phi) is 7.27. The second-order valence-electron chi connectivity index (χ2n) is 6.77. The molecule has 148 valence electrons. The number of aromatic nitrogens is 3. The van der Waals surface area contributed by atoms with Crippen molar-refractivity contribution in [1.29, 1.82) is 0 Å². The molecule has 0 aliphatic heterocycles. The van der Waals surface area contributed by atoms with Crippen LogP contribution in [0.2, 0.25) is 10.0 Å². The van der Waals surface area contributed by atoms with Gasteiger partial charge < -0.3 is 9.30 Å². The Morgan fingerprint density at radius 1 is 1.04 bits per heavy atom. The summed E-state index contributed by atoms with van der Waals surface area (Å²) in [7, 11) is 0. The van der Waals surface area contributed by atoms with E-state index in [2.05, 4.69) is 35.5 Å². The number of thioether (sulfide) groups is 1. The number of ether oxygens (including phenoxy) is 1. The van der Waals surface area contributed by atoms with E-state index >= 15 is 0 Å². The van der Waals surface area contributed by atoms with Gasteiger partial charge in [0, 0.05) is 27.9 Å². The molecule has 3 aromatic rings. The van der Waals surface area contributed by atoms with Crippen molar-refractivity contribution in [2.75, 3.05) is 6.61 Å². The zero-order valence-electron chi connectivity index (χ0n) is 16.2. The van der Waals surface area contributed by atoms with Gasteiger partial charge in [0.15, 0.2) is 11.0 Å². The molecule has 28 heavy (non-hydrogen) atoms. The molecule has 2 aromatic carbocycles. The lowest BCUT2D eigenvalue weighted by Gasteiger charge is -2.10. The highest BCUT2D eigenvalue weighted by molar-refractivity contribution is 7.98. The monoisotopic (exact) mass is 435 g/mol. The van der Waals surface area contributed by atoms with Crippen molar-refractivity contribution in [3.63, 3.8) is 0 Å². The Morgan fingerprint density at radius 2 is 1.71 bits per heavy atom. The maximum absolute atomic E-state index is 6.28. The molecule has 0 aliphatic rings. The summed E-state index contributed by atoms with van der Waals surface area (Å²) in [5.41, 5.74) is 1.92. The van der Waals surface area contributed by atoms with E-state index in [4.69, 9.17) is 27.9 Å². The van der Waals surface area contributed by atoms with E-state index in [9.17, 15) is 0 Å². The molecule has 0 unspecified atom stereocenters. The lowest BCUT2D eigenvalue weighted by Crippen LogP contribution is -2.04. The normalized spacial score (nSPS) is 11.2. The van der Waals surface area contributed by atoms with Crippen LogP contribution in [0.25, 0.3) is 11.4 Å². The molecule has 0 radical (unpaired) electrons. The van der Waals surface area contributed by atoms with Gasteiger partial charge in [-0.25, -0.2) is 0 Å². The van der Waals surface area contributed by atoms with Crippen molar-refractivity contribution >= 4 is 35.0 Å². The molecule has 0 amide bonds. The summed E-state index contributed by atoms with van der Waals surface area (Å²) in [4.78, 5) is 0. The third-order valence-electron chi connectivity index (χ3n) is 4.14. The van der Waals surface area contributed by atoms with Gasteiger partial charge in [0.05, 0.1) is 6.61 Å². The van der Waals surface area contributed by atoms with Crippen LogP contribution in [0, 0.1) is 5.92 Å². The summed E-state index contributed by atoms with van der Waals surface area (Å²) in [5, 5.41) is 11.0. The zero-order valence-corrected chi connectivity index (χ0v) is 18.5. The number of hydrogen-bond donors (Lipinski definition) is 0. The molecule has 7 heteroatoms. The van der Waals surface area contributed by atoms with Crippen molar-refractivity contribution in [2.45, 2.75) is 38.2 Å². The Balaban J connectivity index is 1.76. The van der Waals surface area contributed by atoms with Crippen LogP contribution in [-0.2, 0) is 12.3 Å². The third-order valence-corrected chi connectivity index (χ3v) is 5.84. The molecule has 0 N–H and O–H groups in total. The molecular formula is C21H23Cl2N3OS. The lowest BCUT2D eigenvalue weighted by atomic mass is 10.2. The van der Waals surface area contributed by atoms with E-state index in [1.54, 1.807) is 11.8 Å². The van der Waals surface area contributed by atoms with Gasteiger partial charge in [0.2, 0.25) is 0 Å². The second kappa shape index (κ2) is 9.68. The van der Waals surface area contributed by atoms with Crippen molar-refractivity contribution in [2.24, 2.45) is 5.92 Å². The standard InChI is InChI=1S/C21H23Cl2N3OS/c1-4-26-20(15-8-10-16(11-9-15)27-12-14(2)3)24-25-21(26)28-13-17-18(22)6-5-7-19(17)23/h5-11,14H,4,12-13H2,1-3H3. The average Bonchev–Trinajstić information content (AvgIpc) is 3.09. The van der Waals surface area contributed by atoms with Gasteiger partial charge in [-0.3, -0.25) is 0 Å². The van der Waals surface area contributed by atoms with Crippen molar-refractivity contribution in [3.8, 4) is 17.1 Å². The number of hydrogen-bond acceptors (Lipinski definition) is 4. The molecular weight excluding hydrogens is 413 g/mol. The molecule has 0 saturated carbocycles. The lowest BCUT2D eigenvalue weighted by molar-refractivity contribution is 0.271. The number of nitrogens with zero attached hydrogens (tertiary/aromatic N) is 3. The SMILES string of the molecule is CCn1c(SCc2c(Cl)cccc2Cl)nnc1-c1ccc(OCC(C)C)cc1. The highest BCUT2D eigenvalue weighted by atomic mass is 35.5. The number of benzene rings is 2. The largest absolute Gasteiger partial charge is 0.493 e. The Hall–Kier alpha value is -1.69. The van der Waals surface area contributed by atoms with E-state index in [0.717, 1.165) is 34.4 Å². The molecule has 0 spiro atoms. The Morgan fingerprint density at radius 3 is 2.32 bits per heavy atom. The molecule has 0 fully saturated rings. The molecule has 0 saturated heterocycles. The van der Waals surface area contributed by atoms with Gasteiger partial charge in [-0.15, -0.1) is 10.2 Å². The van der Waals surface area contributed by atoms with Crippen LogP contribution in [-0.4, -0.2) is 21.4 Å². The summed E-state index contributed by atoms with van der Waals surface area (Å²) in [6.07, 6.45) is 0. The summed E-state index contributed by atoms with van der Waals surface area (Å²) in [6.45, 7) is 7.82. The van der Waals surface area contributed by atoms with E-state index in [0.29, 0.717) is 28.3 Å². The maximum Gasteiger partial charge on any atom is 0.191 e. The van der Waals surface area contributed by atoms with Crippen molar-refractivity contribution in [3.05, 3.63) is 58.1 Å². The van der Waals surface area contributed by atoms with Gasteiger partial charge in [-0.2, -0.15) is 0 Å². The molecule has 4 nitrogen and oxygen atoms in total. The quantitative estimate of drug-likeness (QED) is 0.373. The third kappa shape index (κ3) is 5.02. The highest BCUT2D eigenvalue weighted by Gasteiger charge is 2.15. The summed E-state index contributed by atoms with van der Waals surface area (Å²) < 4.78 is 7.85. The first kappa shape index (κ1) is 21.0. The molecule has 1 aromatic heterocycles. The summed E-state index contributed by atoms with van der Waals surface area (Å²) in [6, 6.07) is 13.5. The van der Waals surface area contributed by atoms with E-state index in [-0.39, 0.29) is 0 Å². The molecule has 0 bridgehead atoms. The van der Waals surface area contributed by atoms with Crippen LogP contribution < -0.4 is 4.74 Å². The van der Waals surface area contributed by atoms with Crippen molar-refractivity contribution in [1.82, 2.24) is 14.8 Å². The average molecular weight is 436 g/mol. The molecule has 0 aliphatic carbocycles. The van der Waals surface area contributed by atoms with Gasteiger partial charge >= 0.3 is 0 Å². The fourth-order valence-corrected chi connectivity index (χ4v) is 4.41. The topological polar surface area (TPSA) is 39.9 Å². The number of rotatable bonds is 8. The predicted octanol–water partition coefficient (Wildman–Crippen LogP) is 6.60. The Bertz CT molecular complexity index is 906. The van der Waals surface area contributed by atoms with Crippen LogP contribution in [0.15, 0.2) is 47.6 Å². The maximum atomic E-state index is 6.28. The van der Waals surface area contributed by atoms with Crippen LogP contribution in [0.4, 0.5) is 0 Å². The minimum absolute atomic E-state index is 0.495. The Labute approximate surface area is 180 Å². The van der Waals surface area contributed by atoms with Gasteiger partial charge in [0.1, 0.15) is 5.75 Å². The fraction of sp³-hybridized carbons (Fsp3) is 0.333. The zero-order chi connectivity index (χ0) is 20.1. The van der Waals surface area contributed by atoms with Crippen LogP contribution >= 0.6 is 35.0 Å². The van der Waals surface area contributed by atoms with E-state index in [1.807, 2.05) is 42.5 Å².